The van der Waals surface area contributed by atoms with Crippen LogP contribution in [0.3, 0.4) is 0 Å². The highest BCUT2D eigenvalue weighted by atomic mass is 32.1. The average molecular weight is 312 g/mol. The van der Waals surface area contributed by atoms with Gasteiger partial charge in [0.15, 0.2) is 0 Å². The Bertz CT molecular complexity index is 558. The molecule has 0 radical (unpaired) electrons. The average Bonchev–Trinajstić information content (AvgIpc) is 2.99. The van der Waals surface area contributed by atoms with Gasteiger partial charge < -0.3 is 26.4 Å². The Kier molecular flexibility index (Phi) is 4.69. The summed E-state index contributed by atoms with van der Waals surface area (Å²) in [5.41, 5.74) is 11.4. The summed E-state index contributed by atoms with van der Waals surface area (Å²) in [6.45, 7) is 2.78. The van der Waals surface area contributed by atoms with Crippen LogP contribution in [0.15, 0.2) is 0 Å². The number of nitrogen functional groups attached to an aromatic ring is 1. The summed E-state index contributed by atoms with van der Waals surface area (Å²) in [6, 6.07) is 0. The first-order chi connectivity index (χ1) is 9.93. The number of carbonyl (C=O) groups excluding carboxylic acids is 2. The van der Waals surface area contributed by atoms with E-state index in [1.807, 2.05) is 0 Å². The van der Waals surface area contributed by atoms with Crippen molar-refractivity contribution in [1.29, 1.82) is 0 Å². The van der Waals surface area contributed by atoms with Gasteiger partial charge in [0.2, 0.25) is 0 Å². The summed E-state index contributed by atoms with van der Waals surface area (Å²) < 4.78 is 4.73. The summed E-state index contributed by atoms with van der Waals surface area (Å²) in [6.07, 6.45) is 1.10. The zero-order valence-corrected chi connectivity index (χ0v) is 13.0. The quantitative estimate of drug-likeness (QED) is 0.686. The van der Waals surface area contributed by atoms with E-state index in [1.54, 1.807) is 0 Å². The highest BCUT2D eigenvalue weighted by Gasteiger charge is 2.26. The molecule has 0 spiro atoms. The Hall–Kier alpha value is -1.80. The van der Waals surface area contributed by atoms with Gasteiger partial charge in [-0.2, -0.15) is 0 Å². The molecule has 2 rings (SSSR count). The molecule has 1 aromatic rings. The van der Waals surface area contributed by atoms with Gasteiger partial charge in [-0.05, 0) is 25.9 Å². The monoisotopic (exact) mass is 312 g/mol. The molecule has 1 atom stereocenters. The van der Waals surface area contributed by atoms with Crippen LogP contribution in [0.1, 0.15) is 26.5 Å². The van der Waals surface area contributed by atoms with E-state index >= 15 is 0 Å². The summed E-state index contributed by atoms with van der Waals surface area (Å²) in [5.74, 6) is -0.709. The van der Waals surface area contributed by atoms with E-state index in [0.717, 1.165) is 30.8 Å². The largest absolute Gasteiger partial charge is 0.465 e. The normalized spacial score (nSPS) is 18.7. The molecule has 1 amide bonds. The molecule has 0 aromatic carbocycles. The van der Waals surface area contributed by atoms with Crippen LogP contribution in [0.2, 0.25) is 0 Å². The van der Waals surface area contributed by atoms with Gasteiger partial charge in [0.1, 0.15) is 15.4 Å². The van der Waals surface area contributed by atoms with Crippen LogP contribution < -0.4 is 16.8 Å². The Morgan fingerprint density at radius 3 is 2.76 bits per heavy atom. The molecule has 1 aromatic heterocycles. The third-order valence-corrected chi connectivity index (χ3v) is 4.78. The molecule has 1 aliphatic rings. The molecule has 1 aliphatic heterocycles. The molecular weight excluding hydrogens is 292 g/mol. The van der Waals surface area contributed by atoms with Crippen LogP contribution in [0.25, 0.3) is 0 Å². The van der Waals surface area contributed by atoms with Crippen molar-refractivity contribution >= 4 is 33.9 Å². The van der Waals surface area contributed by atoms with Crippen LogP contribution in [-0.2, 0) is 4.74 Å². The molecule has 0 bridgehead atoms. The molecule has 116 valence electrons. The van der Waals surface area contributed by atoms with Gasteiger partial charge in [-0.25, -0.2) is 4.79 Å². The van der Waals surface area contributed by atoms with E-state index in [2.05, 4.69) is 17.3 Å². The molecule has 0 saturated carbocycles. The molecule has 0 aliphatic carbocycles. The van der Waals surface area contributed by atoms with Crippen LogP contribution in [0.4, 0.5) is 10.7 Å². The summed E-state index contributed by atoms with van der Waals surface area (Å²) in [5, 5.41) is 3.75. The lowest BCUT2D eigenvalue weighted by molar-refractivity contribution is 0.0603. The fourth-order valence-corrected chi connectivity index (χ4v) is 3.45. The van der Waals surface area contributed by atoms with Crippen molar-refractivity contribution in [3.8, 4) is 0 Å². The second kappa shape index (κ2) is 6.31. The maximum atomic E-state index is 11.8. The number of nitrogens with zero attached hydrogens (tertiary/aromatic N) is 1. The molecule has 21 heavy (non-hydrogen) atoms. The van der Waals surface area contributed by atoms with Gasteiger partial charge in [0.05, 0.1) is 12.8 Å². The number of amides is 1. The summed E-state index contributed by atoms with van der Waals surface area (Å²) >= 11 is 1.10. The number of primary amides is 1. The van der Waals surface area contributed by atoms with E-state index in [1.165, 1.54) is 7.11 Å². The fraction of sp³-hybridized carbons (Fsp3) is 0.538. The maximum absolute atomic E-state index is 11.8. The number of carbonyl (C=O) groups is 2. The van der Waals surface area contributed by atoms with Gasteiger partial charge in [-0.3, -0.25) is 4.79 Å². The minimum Gasteiger partial charge on any atom is -0.465 e. The van der Waals surface area contributed by atoms with E-state index in [9.17, 15) is 9.59 Å². The first-order valence-electron chi connectivity index (χ1n) is 6.66. The second-order valence-corrected chi connectivity index (χ2v) is 6.22. The standard InChI is InChI=1S/C13H20N4O3S/c1-17-4-3-7(6-17)5-16-12-8(13(19)20-2)9(14)10(21-12)11(15)18/h7,16H,3-6,14H2,1-2H3,(H2,15,18). The van der Waals surface area contributed by atoms with Gasteiger partial charge in [-0.1, -0.05) is 0 Å². The molecule has 8 heteroatoms. The number of hydrogen-bond acceptors (Lipinski definition) is 7. The Morgan fingerprint density at radius 2 is 2.24 bits per heavy atom. The Labute approximate surface area is 127 Å². The fourth-order valence-electron chi connectivity index (χ4n) is 2.49. The zero-order chi connectivity index (χ0) is 15.6. The third-order valence-electron chi connectivity index (χ3n) is 3.60. The predicted octanol–water partition coefficient (Wildman–Crippen LogP) is 0.579. The number of esters is 1. The smallest absolute Gasteiger partial charge is 0.343 e. The van der Waals surface area contributed by atoms with E-state index < -0.39 is 11.9 Å². The van der Waals surface area contributed by atoms with Gasteiger partial charge in [0.25, 0.3) is 5.91 Å². The minimum atomic E-state index is -0.642. The molecule has 1 unspecified atom stereocenters. The molecule has 7 nitrogen and oxygen atoms in total. The third kappa shape index (κ3) is 3.27. The lowest BCUT2D eigenvalue weighted by Crippen LogP contribution is -2.19. The molecule has 1 saturated heterocycles. The number of likely N-dealkylation sites (tertiary alicyclic amines) is 1. The van der Waals surface area contributed by atoms with E-state index in [0.29, 0.717) is 17.5 Å². The van der Waals surface area contributed by atoms with Crippen molar-refractivity contribution in [3.63, 3.8) is 0 Å². The van der Waals surface area contributed by atoms with Crippen molar-refractivity contribution in [2.75, 3.05) is 44.8 Å². The number of nitrogens with two attached hydrogens (primary N) is 2. The highest BCUT2D eigenvalue weighted by molar-refractivity contribution is 7.19. The maximum Gasteiger partial charge on any atom is 0.343 e. The Morgan fingerprint density at radius 1 is 1.52 bits per heavy atom. The first-order valence-corrected chi connectivity index (χ1v) is 7.48. The van der Waals surface area contributed by atoms with Crippen molar-refractivity contribution in [1.82, 2.24) is 4.90 Å². The lowest BCUT2D eigenvalue weighted by Gasteiger charge is -2.12. The van der Waals surface area contributed by atoms with Gasteiger partial charge in [0, 0.05) is 13.1 Å². The molecule has 2 heterocycles. The predicted molar refractivity (Wildman–Crippen MR) is 82.7 cm³/mol. The number of methoxy groups -OCH3 is 1. The van der Waals surface area contributed by atoms with E-state index in [-0.39, 0.29) is 16.1 Å². The SMILES string of the molecule is COC(=O)c1c(NCC2CCN(C)C2)sc(C(N)=O)c1N. The van der Waals surface area contributed by atoms with Crippen LogP contribution in [0.5, 0.6) is 0 Å². The number of anilines is 2. The van der Waals surface area contributed by atoms with Gasteiger partial charge >= 0.3 is 5.97 Å². The van der Waals surface area contributed by atoms with E-state index in [4.69, 9.17) is 16.2 Å². The van der Waals surface area contributed by atoms with Crippen molar-refractivity contribution in [2.45, 2.75) is 6.42 Å². The first kappa shape index (κ1) is 15.6. The molecule has 1 fully saturated rings. The zero-order valence-electron chi connectivity index (χ0n) is 12.1. The second-order valence-electron chi connectivity index (χ2n) is 5.20. The van der Waals surface area contributed by atoms with Crippen molar-refractivity contribution in [3.05, 3.63) is 10.4 Å². The number of hydrogen-bond donors (Lipinski definition) is 3. The van der Waals surface area contributed by atoms with Crippen LogP contribution in [-0.4, -0.2) is 50.6 Å². The Balaban J connectivity index is 2.19. The van der Waals surface area contributed by atoms with Crippen LogP contribution >= 0.6 is 11.3 Å². The summed E-state index contributed by atoms with van der Waals surface area (Å²) in [4.78, 5) is 25.6. The molecular formula is C13H20N4O3S. The van der Waals surface area contributed by atoms with Crippen molar-refractivity contribution < 1.29 is 14.3 Å². The number of nitrogens with one attached hydrogen (secondary N) is 1. The number of ether oxygens (including phenoxy) is 1. The highest BCUT2D eigenvalue weighted by Crippen LogP contribution is 2.36. The van der Waals surface area contributed by atoms with Crippen LogP contribution in [0, 0.1) is 5.92 Å². The lowest BCUT2D eigenvalue weighted by atomic mass is 10.1. The minimum absolute atomic E-state index is 0.0883. The van der Waals surface area contributed by atoms with Crippen molar-refractivity contribution in [2.24, 2.45) is 11.7 Å². The number of thiophene rings is 1. The topological polar surface area (TPSA) is 111 Å². The number of rotatable bonds is 5. The van der Waals surface area contributed by atoms with Gasteiger partial charge in [-0.15, -0.1) is 11.3 Å². The molecule has 5 N–H and O–H groups in total. The summed E-state index contributed by atoms with van der Waals surface area (Å²) in [7, 11) is 3.35.